The van der Waals surface area contributed by atoms with Crippen molar-refractivity contribution in [2.24, 2.45) is 0 Å². The van der Waals surface area contributed by atoms with Crippen molar-refractivity contribution in [3.05, 3.63) is 82.4 Å². The SMILES string of the molecule is CCC(C)OC(=O)c1cccc(O)c1C(=O)c1c(O)cc(C(=O)O[C@H]2CN(C(=O)OC(C)(C)C)C[C@@H]2NC(=O)c2ccc(O)cc2)cc1O. The van der Waals surface area contributed by atoms with E-state index in [9.17, 15) is 44.4 Å². The molecule has 1 unspecified atom stereocenters. The zero-order valence-electron chi connectivity index (χ0n) is 27.6. The Morgan fingerprint density at radius 2 is 1.49 bits per heavy atom. The van der Waals surface area contributed by atoms with Gasteiger partial charge in [-0.05, 0) is 82.6 Å². The first-order valence-electron chi connectivity index (χ1n) is 15.4. The second kappa shape index (κ2) is 14.5. The molecule has 4 rings (SSSR count). The monoisotopic (exact) mass is 678 g/mol. The van der Waals surface area contributed by atoms with Crippen molar-refractivity contribution in [1.29, 1.82) is 0 Å². The van der Waals surface area contributed by atoms with Gasteiger partial charge in [-0.2, -0.15) is 0 Å². The van der Waals surface area contributed by atoms with Crippen molar-refractivity contribution in [2.75, 3.05) is 13.1 Å². The molecule has 3 atom stereocenters. The van der Waals surface area contributed by atoms with Crippen LogP contribution in [-0.4, -0.2) is 92.0 Å². The van der Waals surface area contributed by atoms with Gasteiger partial charge in [0.1, 0.15) is 40.3 Å². The Hall–Kier alpha value is -5.79. The number of benzene rings is 3. The van der Waals surface area contributed by atoms with E-state index < -0.39 is 81.9 Å². The minimum atomic E-state index is -1.12. The van der Waals surface area contributed by atoms with Crippen molar-refractivity contribution in [3.8, 4) is 23.0 Å². The summed E-state index contributed by atoms with van der Waals surface area (Å²) in [6.45, 7) is 8.18. The maximum Gasteiger partial charge on any atom is 0.410 e. The Morgan fingerprint density at radius 3 is 2.08 bits per heavy atom. The molecular weight excluding hydrogens is 640 g/mol. The van der Waals surface area contributed by atoms with Gasteiger partial charge in [0.2, 0.25) is 5.78 Å². The van der Waals surface area contributed by atoms with Crippen molar-refractivity contribution >= 4 is 29.7 Å². The molecule has 0 aliphatic carbocycles. The molecule has 1 heterocycles. The first-order valence-corrected chi connectivity index (χ1v) is 15.4. The first-order chi connectivity index (χ1) is 23.0. The number of ether oxygens (including phenoxy) is 3. The number of phenolic OH excluding ortho intramolecular Hbond substituents is 4. The number of hydrogen-bond donors (Lipinski definition) is 5. The second-order valence-electron chi connectivity index (χ2n) is 12.5. The fraction of sp³-hybridized carbons (Fsp3) is 0.343. The number of rotatable bonds is 9. The molecule has 0 spiro atoms. The van der Waals surface area contributed by atoms with Crippen LogP contribution in [0.4, 0.5) is 4.79 Å². The average Bonchev–Trinajstić information content (AvgIpc) is 3.41. The van der Waals surface area contributed by atoms with E-state index in [1.54, 1.807) is 34.6 Å². The van der Waals surface area contributed by atoms with E-state index in [1.165, 1.54) is 41.3 Å². The van der Waals surface area contributed by atoms with Crippen LogP contribution in [0.15, 0.2) is 54.6 Å². The zero-order valence-corrected chi connectivity index (χ0v) is 27.6. The molecule has 0 bridgehead atoms. The lowest BCUT2D eigenvalue weighted by Crippen LogP contribution is -2.44. The third-order valence-corrected chi connectivity index (χ3v) is 7.55. The molecular formula is C35H38N2O12. The summed E-state index contributed by atoms with van der Waals surface area (Å²) < 4.78 is 16.4. The van der Waals surface area contributed by atoms with Crippen LogP contribution in [0.1, 0.15) is 88.0 Å². The summed E-state index contributed by atoms with van der Waals surface area (Å²) in [6.07, 6.45) is -1.85. The highest BCUT2D eigenvalue weighted by Crippen LogP contribution is 2.35. The number of likely N-dealkylation sites (tertiary alicyclic amines) is 1. The number of carbonyl (C=O) groups is 5. The summed E-state index contributed by atoms with van der Waals surface area (Å²) in [4.78, 5) is 66.7. The van der Waals surface area contributed by atoms with E-state index in [2.05, 4.69) is 5.32 Å². The van der Waals surface area contributed by atoms with Gasteiger partial charge >= 0.3 is 18.0 Å². The van der Waals surface area contributed by atoms with Crippen molar-refractivity contribution in [1.82, 2.24) is 10.2 Å². The van der Waals surface area contributed by atoms with Crippen molar-refractivity contribution < 1.29 is 58.6 Å². The second-order valence-corrected chi connectivity index (χ2v) is 12.5. The smallest absolute Gasteiger partial charge is 0.410 e. The normalized spacial score (nSPS) is 16.4. The number of hydrogen-bond acceptors (Lipinski definition) is 12. The number of esters is 2. The number of aromatic hydroxyl groups is 4. The van der Waals surface area contributed by atoms with Gasteiger partial charge in [-0.3, -0.25) is 9.59 Å². The summed E-state index contributed by atoms with van der Waals surface area (Å²) in [7, 11) is 0. The van der Waals surface area contributed by atoms with Crippen LogP contribution in [0.25, 0.3) is 0 Å². The number of ketones is 1. The standard InChI is InChI=1S/C35H38N2O12/c1-6-18(2)47-33(45)22-8-7-9-24(39)28(22)30(42)29-25(40)14-20(15-26(29)41)32(44)48-27-17-37(34(46)49-35(3,4)5)16-23(27)36-31(43)19-10-12-21(38)13-11-19/h7-15,18,23,27,38-41H,6,16-17H2,1-5H3,(H,36,43)/t18?,23-,27-/m0/s1. The van der Waals surface area contributed by atoms with Gasteiger partial charge in [-0.15, -0.1) is 0 Å². The summed E-state index contributed by atoms with van der Waals surface area (Å²) in [5, 5.41) is 44.4. The largest absolute Gasteiger partial charge is 0.508 e. The molecule has 0 saturated carbocycles. The number of carbonyl (C=O) groups excluding carboxylic acids is 5. The quantitative estimate of drug-likeness (QED) is 0.122. The van der Waals surface area contributed by atoms with Crippen LogP contribution < -0.4 is 5.32 Å². The molecule has 3 aromatic carbocycles. The highest BCUT2D eigenvalue weighted by Gasteiger charge is 2.41. The summed E-state index contributed by atoms with van der Waals surface area (Å²) in [5.41, 5.74) is -2.57. The molecule has 49 heavy (non-hydrogen) atoms. The Labute approximate surface area is 281 Å². The maximum absolute atomic E-state index is 13.5. The highest BCUT2D eigenvalue weighted by atomic mass is 16.6. The van der Waals surface area contributed by atoms with E-state index in [0.29, 0.717) is 6.42 Å². The van der Waals surface area contributed by atoms with E-state index in [1.807, 2.05) is 0 Å². The van der Waals surface area contributed by atoms with E-state index in [0.717, 1.165) is 18.2 Å². The topological polar surface area (TPSA) is 209 Å². The lowest BCUT2D eigenvalue weighted by atomic mass is 9.95. The minimum absolute atomic E-state index is 0.0512. The van der Waals surface area contributed by atoms with Gasteiger partial charge in [0.15, 0.2) is 0 Å². The molecule has 0 aromatic heterocycles. The van der Waals surface area contributed by atoms with Crippen LogP contribution in [0.5, 0.6) is 23.0 Å². The zero-order chi connectivity index (χ0) is 36.2. The molecule has 5 N–H and O–H groups in total. The molecule has 2 amide bonds. The summed E-state index contributed by atoms with van der Waals surface area (Å²) in [5.74, 6) is -6.06. The molecule has 1 fully saturated rings. The predicted molar refractivity (Wildman–Crippen MR) is 173 cm³/mol. The summed E-state index contributed by atoms with van der Waals surface area (Å²) in [6, 6.07) is 9.92. The average molecular weight is 679 g/mol. The van der Waals surface area contributed by atoms with Crippen molar-refractivity contribution in [2.45, 2.75) is 64.9 Å². The van der Waals surface area contributed by atoms with Crippen LogP contribution >= 0.6 is 0 Å². The van der Waals surface area contributed by atoms with Crippen molar-refractivity contribution in [3.63, 3.8) is 0 Å². The van der Waals surface area contributed by atoms with Crippen LogP contribution in [0.2, 0.25) is 0 Å². The van der Waals surface area contributed by atoms with Gasteiger partial charge in [0.25, 0.3) is 5.91 Å². The third-order valence-electron chi connectivity index (χ3n) is 7.55. The molecule has 1 aliphatic rings. The molecule has 3 aromatic rings. The van der Waals surface area contributed by atoms with Gasteiger partial charge in [-0.25, -0.2) is 14.4 Å². The molecule has 14 heteroatoms. The Bertz CT molecular complexity index is 1740. The highest BCUT2D eigenvalue weighted by molar-refractivity contribution is 6.18. The molecule has 14 nitrogen and oxygen atoms in total. The Kier molecular flexibility index (Phi) is 10.7. The van der Waals surface area contributed by atoms with Gasteiger partial charge in [0.05, 0.1) is 35.4 Å². The molecule has 1 saturated heterocycles. The molecule has 260 valence electrons. The first kappa shape index (κ1) is 36.1. The summed E-state index contributed by atoms with van der Waals surface area (Å²) >= 11 is 0. The number of nitrogens with zero attached hydrogens (tertiary/aromatic N) is 1. The fourth-order valence-corrected chi connectivity index (χ4v) is 4.94. The van der Waals surface area contributed by atoms with Gasteiger partial charge < -0.3 is 44.9 Å². The Morgan fingerprint density at radius 1 is 0.857 bits per heavy atom. The van der Waals surface area contributed by atoms with Crippen LogP contribution in [-0.2, 0) is 14.2 Å². The van der Waals surface area contributed by atoms with E-state index >= 15 is 0 Å². The van der Waals surface area contributed by atoms with E-state index in [4.69, 9.17) is 14.2 Å². The van der Waals surface area contributed by atoms with E-state index in [-0.39, 0.29) is 35.5 Å². The predicted octanol–water partition coefficient (Wildman–Crippen LogP) is 4.27. The molecule has 0 radical (unpaired) electrons. The maximum atomic E-state index is 13.5. The van der Waals surface area contributed by atoms with Gasteiger partial charge in [-0.1, -0.05) is 13.0 Å². The lowest BCUT2D eigenvalue weighted by Gasteiger charge is -2.24. The fourth-order valence-electron chi connectivity index (χ4n) is 4.94. The van der Waals surface area contributed by atoms with Crippen LogP contribution in [0.3, 0.4) is 0 Å². The van der Waals surface area contributed by atoms with Gasteiger partial charge in [0, 0.05) is 12.1 Å². The van der Waals surface area contributed by atoms with Crippen LogP contribution in [0, 0.1) is 0 Å². The lowest BCUT2D eigenvalue weighted by molar-refractivity contribution is 0.0177. The Balaban J connectivity index is 1.59. The minimum Gasteiger partial charge on any atom is -0.508 e. The number of phenols is 4. The third kappa shape index (κ3) is 8.58. The number of amides is 2. The number of nitrogens with one attached hydrogen (secondary N) is 1. The molecule has 1 aliphatic heterocycles.